The first kappa shape index (κ1) is 14.8. The Morgan fingerprint density at radius 2 is 1.47 bits per heavy atom. The first-order valence-electron chi connectivity index (χ1n) is 2.58. The third kappa shape index (κ3) is 2.18. The fraction of sp³-hybridized carbons (Fsp3) is 1.00. The lowest BCUT2D eigenvalue weighted by molar-refractivity contribution is -0.0330. The molecule has 0 rings (SSSR count). The second-order valence-electron chi connectivity index (χ2n) is 2.03. The van der Waals surface area contributed by atoms with Crippen LogP contribution in [-0.4, -0.2) is 31.1 Å². The van der Waals surface area contributed by atoms with Gasteiger partial charge in [-0.05, 0) is 4.53 Å². The van der Waals surface area contributed by atoms with Crippen LogP contribution in [0.2, 0.25) is 0 Å². The molecular weight excluding hydrogens is 296 g/mol. The van der Waals surface area contributed by atoms with Gasteiger partial charge in [-0.1, -0.05) is 16.0 Å². The first-order valence-corrected chi connectivity index (χ1v) is 5.81. The van der Waals surface area contributed by atoms with Crippen LogP contribution in [-0.2, 0) is 24.6 Å². The summed E-state index contributed by atoms with van der Waals surface area (Å²) in [6.07, 6.45) is 0. The van der Waals surface area contributed by atoms with Crippen molar-refractivity contribution < 1.29 is 43.5 Å². The van der Waals surface area contributed by atoms with Gasteiger partial charge in [-0.3, -0.25) is 4.55 Å². The smallest absolute Gasteiger partial charge is 0.281 e. The van der Waals surface area contributed by atoms with E-state index >= 15 is 0 Å². The zero-order chi connectivity index (χ0) is 12.7. The highest BCUT2D eigenvalue weighted by molar-refractivity contribution is 7.92. The number of hydrogen-bond acceptors (Lipinski definition) is 5. The van der Waals surface area contributed by atoms with Gasteiger partial charge in [0.05, 0.1) is 0 Å². The molecule has 0 spiro atoms. The Bertz CT molecular complexity index is 438. The van der Waals surface area contributed by atoms with Crippen LogP contribution in [0.5, 0.6) is 0 Å². The SMILES string of the molecule is O=S(=O)(O)C(F)(F)C(F)(Cl)S(=O)(=O)OF. The number of alkyl halides is 4. The van der Waals surface area contributed by atoms with Crippen molar-refractivity contribution >= 4 is 31.8 Å². The van der Waals surface area contributed by atoms with E-state index in [1.807, 2.05) is 0 Å². The molecule has 1 atom stereocenters. The summed E-state index contributed by atoms with van der Waals surface area (Å²) >= 11 is 4.00. The van der Waals surface area contributed by atoms with Crippen molar-refractivity contribution in [2.24, 2.45) is 0 Å². The molecule has 0 aromatic carbocycles. The molecule has 0 saturated heterocycles. The summed E-state index contributed by atoms with van der Waals surface area (Å²) in [4.78, 5) is 0. The van der Waals surface area contributed by atoms with E-state index in [9.17, 15) is 34.5 Å². The number of halogens is 5. The van der Waals surface area contributed by atoms with E-state index in [-0.39, 0.29) is 0 Å². The van der Waals surface area contributed by atoms with Crippen molar-refractivity contribution in [2.45, 2.75) is 9.71 Å². The van der Waals surface area contributed by atoms with E-state index in [2.05, 4.69) is 11.6 Å². The van der Waals surface area contributed by atoms with E-state index in [1.54, 1.807) is 4.39 Å². The van der Waals surface area contributed by atoms with E-state index in [1.165, 1.54) is 0 Å². The summed E-state index contributed by atoms with van der Waals surface area (Å²) in [6.45, 7) is 0. The molecule has 0 aliphatic heterocycles. The van der Waals surface area contributed by atoms with Gasteiger partial charge in [0.2, 0.25) is 0 Å². The maximum atomic E-state index is 12.7. The summed E-state index contributed by atoms with van der Waals surface area (Å²) in [5.41, 5.74) is 0. The van der Waals surface area contributed by atoms with Crippen LogP contribution in [0.15, 0.2) is 0 Å². The highest BCUT2D eigenvalue weighted by atomic mass is 35.5. The molecule has 1 N–H and O–H groups in total. The largest absolute Gasteiger partial charge is 0.433 e. The molecule has 1 unspecified atom stereocenters. The standard InChI is InChI=1S/C2HClF4O6S2/c3-1(4,15(11,12)13-7)2(5,6)14(8,9)10/h(H,8,9,10). The monoisotopic (exact) mass is 296 g/mol. The Morgan fingerprint density at radius 3 is 1.67 bits per heavy atom. The molecule has 15 heavy (non-hydrogen) atoms. The first-order chi connectivity index (χ1) is 6.31. The van der Waals surface area contributed by atoms with Crippen LogP contribution in [0.4, 0.5) is 17.7 Å². The minimum Gasteiger partial charge on any atom is -0.281 e. The molecular formula is C2HClF4O6S2. The molecule has 0 fully saturated rings. The number of rotatable bonds is 4. The zero-order valence-corrected chi connectivity index (χ0v) is 8.58. The van der Waals surface area contributed by atoms with Crippen molar-refractivity contribution in [3.8, 4) is 0 Å². The highest BCUT2D eigenvalue weighted by Crippen LogP contribution is 2.44. The summed E-state index contributed by atoms with van der Waals surface area (Å²) in [5.74, 6) is 0. The minimum atomic E-state index is -6.52. The van der Waals surface area contributed by atoms with Gasteiger partial charge in [-0.15, -0.1) is 0 Å². The van der Waals surface area contributed by atoms with E-state index in [0.717, 1.165) is 0 Å². The minimum absolute atomic E-state index is 1.79. The third-order valence-electron chi connectivity index (χ3n) is 1.06. The molecule has 92 valence electrons. The molecule has 6 nitrogen and oxygen atoms in total. The van der Waals surface area contributed by atoms with Gasteiger partial charge in [-0.25, -0.2) is 0 Å². The van der Waals surface area contributed by atoms with Crippen LogP contribution >= 0.6 is 11.6 Å². The number of hydrogen-bond donors (Lipinski definition) is 1. The molecule has 0 aliphatic carbocycles. The molecule has 13 heteroatoms. The lowest BCUT2D eigenvalue weighted by Gasteiger charge is -2.22. The third-order valence-corrected chi connectivity index (χ3v) is 4.08. The Balaban J connectivity index is 5.82. The molecule has 0 bridgehead atoms. The van der Waals surface area contributed by atoms with Gasteiger partial charge in [0.1, 0.15) is 0 Å². The Kier molecular flexibility index (Phi) is 3.65. The van der Waals surface area contributed by atoms with Crippen molar-refractivity contribution in [3.05, 3.63) is 0 Å². The van der Waals surface area contributed by atoms with Crippen molar-refractivity contribution in [2.75, 3.05) is 0 Å². The van der Waals surface area contributed by atoms with E-state index < -0.39 is 30.0 Å². The van der Waals surface area contributed by atoms with Gasteiger partial charge in [-0.2, -0.15) is 30.0 Å². The van der Waals surface area contributed by atoms with Gasteiger partial charge in [0, 0.05) is 0 Å². The molecule has 0 saturated carbocycles. The summed E-state index contributed by atoms with van der Waals surface area (Å²) in [5, 5.41) is -6.01. The van der Waals surface area contributed by atoms with Crippen LogP contribution in [0, 0.1) is 0 Å². The van der Waals surface area contributed by atoms with Crippen molar-refractivity contribution in [1.29, 1.82) is 0 Å². The average Bonchev–Trinajstić information content (AvgIpc) is 2.01. The second-order valence-corrected chi connectivity index (χ2v) is 5.83. The normalized spacial score (nSPS) is 18.5. The van der Waals surface area contributed by atoms with E-state index in [4.69, 9.17) is 4.55 Å². The quantitative estimate of drug-likeness (QED) is 0.462. The van der Waals surface area contributed by atoms with Gasteiger partial charge >= 0.3 is 30.0 Å². The van der Waals surface area contributed by atoms with Gasteiger partial charge in [0.25, 0.3) is 0 Å². The maximum absolute atomic E-state index is 12.7. The predicted molar refractivity (Wildman–Crippen MR) is 37.3 cm³/mol. The lowest BCUT2D eigenvalue weighted by Crippen LogP contribution is -2.51. The van der Waals surface area contributed by atoms with Crippen molar-refractivity contribution in [3.63, 3.8) is 0 Å². The molecule has 0 amide bonds. The summed E-state index contributed by atoms with van der Waals surface area (Å²) in [7, 11) is -12.9. The van der Waals surface area contributed by atoms with E-state index in [0.29, 0.717) is 0 Å². The van der Waals surface area contributed by atoms with Gasteiger partial charge in [0.15, 0.2) is 0 Å². The Labute approximate surface area is 85.5 Å². The molecule has 0 aromatic rings. The van der Waals surface area contributed by atoms with Crippen molar-refractivity contribution in [1.82, 2.24) is 0 Å². The second kappa shape index (κ2) is 3.69. The summed E-state index contributed by atoms with van der Waals surface area (Å²) < 4.78 is 92.9. The lowest BCUT2D eigenvalue weighted by atomic mass is 10.8. The van der Waals surface area contributed by atoms with Crippen LogP contribution < -0.4 is 0 Å². The predicted octanol–water partition coefficient (Wildman–Crippen LogP) is 0.560. The van der Waals surface area contributed by atoms with Crippen LogP contribution in [0.1, 0.15) is 0 Å². The summed E-state index contributed by atoms with van der Waals surface area (Å²) in [6, 6.07) is 0. The van der Waals surface area contributed by atoms with Crippen LogP contribution in [0.25, 0.3) is 0 Å². The zero-order valence-electron chi connectivity index (χ0n) is 6.19. The molecule has 0 radical (unpaired) electrons. The fourth-order valence-electron chi connectivity index (χ4n) is 0.335. The molecule has 0 aliphatic rings. The molecule has 0 aromatic heterocycles. The van der Waals surface area contributed by atoms with Crippen LogP contribution in [0.3, 0.4) is 0 Å². The Morgan fingerprint density at radius 1 is 1.13 bits per heavy atom. The topological polar surface area (TPSA) is 97.7 Å². The van der Waals surface area contributed by atoms with Gasteiger partial charge < -0.3 is 0 Å². The Hall–Kier alpha value is -0.170. The maximum Gasteiger partial charge on any atom is 0.433 e. The molecule has 0 heterocycles. The fourth-order valence-corrected chi connectivity index (χ4v) is 1.99. The highest BCUT2D eigenvalue weighted by Gasteiger charge is 2.72. The average molecular weight is 297 g/mol.